The van der Waals surface area contributed by atoms with E-state index in [4.69, 9.17) is 5.11 Å². The molecule has 17 heavy (non-hydrogen) atoms. The summed E-state index contributed by atoms with van der Waals surface area (Å²) in [6, 6.07) is 8.26. The fraction of sp³-hybridized carbons (Fsp3) is 0.500. The Labute approximate surface area is 100 Å². The van der Waals surface area contributed by atoms with E-state index < -0.39 is 12.1 Å². The van der Waals surface area contributed by atoms with Crippen molar-refractivity contribution in [3.63, 3.8) is 0 Å². The predicted octanol–water partition coefficient (Wildman–Crippen LogP) is 1.63. The summed E-state index contributed by atoms with van der Waals surface area (Å²) in [5, 5.41) is 18.8. The van der Waals surface area contributed by atoms with Gasteiger partial charge in [0.05, 0.1) is 0 Å². The first-order valence-corrected chi connectivity index (χ1v) is 6.11. The summed E-state index contributed by atoms with van der Waals surface area (Å²) in [5.74, 6) is -0.774. The number of aliphatic carboxylic acids is 1. The maximum absolute atomic E-state index is 11.0. The van der Waals surface area contributed by atoms with Gasteiger partial charge in [-0.3, -0.25) is 0 Å². The molecule has 3 rings (SSSR count). The van der Waals surface area contributed by atoms with Gasteiger partial charge in [0.15, 0.2) is 6.10 Å². The van der Waals surface area contributed by atoms with Gasteiger partial charge >= 0.3 is 5.97 Å². The summed E-state index contributed by atoms with van der Waals surface area (Å²) < 4.78 is 0. The third-order valence-electron chi connectivity index (χ3n) is 4.47. The summed E-state index contributed by atoms with van der Waals surface area (Å²) in [5.41, 5.74) is 2.29. The van der Waals surface area contributed by atoms with Gasteiger partial charge in [-0.25, -0.2) is 4.79 Å². The van der Waals surface area contributed by atoms with Crippen LogP contribution in [0.3, 0.4) is 0 Å². The molecule has 2 N–H and O–H groups in total. The van der Waals surface area contributed by atoms with E-state index >= 15 is 0 Å². The van der Waals surface area contributed by atoms with Crippen molar-refractivity contribution in [2.24, 2.45) is 11.3 Å². The molecule has 0 saturated heterocycles. The van der Waals surface area contributed by atoms with Gasteiger partial charge in [-0.15, -0.1) is 0 Å². The molecule has 1 atom stereocenters. The van der Waals surface area contributed by atoms with Gasteiger partial charge in [0.25, 0.3) is 0 Å². The van der Waals surface area contributed by atoms with Crippen LogP contribution in [0.5, 0.6) is 0 Å². The predicted molar refractivity (Wildman–Crippen MR) is 62.6 cm³/mol. The third-order valence-corrected chi connectivity index (χ3v) is 4.47. The van der Waals surface area contributed by atoms with Crippen LogP contribution in [0.25, 0.3) is 0 Å². The highest BCUT2D eigenvalue weighted by Gasteiger charge is 2.57. The SMILES string of the molecule is O=C(O)C(O)C1(C2Cc3ccccc3C2)CC1. The van der Waals surface area contributed by atoms with Crippen molar-refractivity contribution in [1.82, 2.24) is 0 Å². The Morgan fingerprint density at radius 2 is 1.76 bits per heavy atom. The quantitative estimate of drug-likeness (QED) is 0.832. The molecule has 3 heteroatoms. The number of fused-ring (bicyclic) bond motifs is 1. The Bertz CT molecular complexity index is 437. The minimum absolute atomic E-state index is 0.297. The van der Waals surface area contributed by atoms with E-state index in [-0.39, 0.29) is 5.41 Å². The van der Waals surface area contributed by atoms with E-state index in [0.29, 0.717) is 5.92 Å². The standard InChI is InChI=1S/C14H16O3/c15-12(13(16)17)14(5-6-14)11-7-9-3-1-2-4-10(9)8-11/h1-4,11-12,15H,5-8H2,(H,16,17). The van der Waals surface area contributed by atoms with Crippen LogP contribution in [0.2, 0.25) is 0 Å². The Hall–Kier alpha value is -1.35. The van der Waals surface area contributed by atoms with E-state index in [1.54, 1.807) is 0 Å². The lowest BCUT2D eigenvalue weighted by atomic mass is 9.82. The number of aliphatic hydroxyl groups is 1. The molecule has 1 aromatic carbocycles. The molecule has 0 heterocycles. The first-order valence-electron chi connectivity index (χ1n) is 6.11. The molecular weight excluding hydrogens is 216 g/mol. The second kappa shape index (κ2) is 3.57. The van der Waals surface area contributed by atoms with Crippen LogP contribution in [-0.2, 0) is 17.6 Å². The molecule has 2 aliphatic carbocycles. The molecule has 0 amide bonds. The zero-order valence-corrected chi connectivity index (χ0v) is 9.60. The fourth-order valence-electron chi connectivity index (χ4n) is 3.26. The molecule has 0 aromatic heterocycles. The lowest BCUT2D eigenvalue weighted by Gasteiger charge is -2.25. The van der Waals surface area contributed by atoms with Gasteiger partial charge < -0.3 is 10.2 Å². The van der Waals surface area contributed by atoms with Crippen molar-refractivity contribution in [3.8, 4) is 0 Å². The first-order chi connectivity index (χ1) is 8.13. The number of carbonyl (C=O) groups is 1. The molecule has 0 radical (unpaired) electrons. The summed E-state index contributed by atoms with van der Waals surface area (Å²) in [6.07, 6.45) is 2.33. The summed E-state index contributed by atoms with van der Waals surface area (Å²) in [6.45, 7) is 0. The number of hydrogen-bond acceptors (Lipinski definition) is 2. The van der Waals surface area contributed by atoms with E-state index in [1.807, 2.05) is 12.1 Å². The molecular formula is C14H16O3. The van der Waals surface area contributed by atoms with E-state index in [1.165, 1.54) is 11.1 Å². The maximum atomic E-state index is 11.0. The fourth-order valence-corrected chi connectivity index (χ4v) is 3.26. The second-order valence-electron chi connectivity index (χ2n) is 5.35. The smallest absolute Gasteiger partial charge is 0.333 e. The number of hydrogen-bond donors (Lipinski definition) is 2. The van der Waals surface area contributed by atoms with Crippen LogP contribution in [0, 0.1) is 11.3 Å². The van der Waals surface area contributed by atoms with Crippen molar-refractivity contribution in [3.05, 3.63) is 35.4 Å². The number of rotatable bonds is 3. The molecule has 1 saturated carbocycles. The molecule has 1 unspecified atom stereocenters. The molecule has 1 fully saturated rings. The Kier molecular flexibility index (Phi) is 2.26. The number of carboxylic acids is 1. The van der Waals surface area contributed by atoms with E-state index in [0.717, 1.165) is 25.7 Å². The summed E-state index contributed by atoms with van der Waals surface area (Å²) >= 11 is 0. The zero-order valence-electron chi connectivity index (χ0n) is 9.60. The number of carboxylic acid groups (broad SMARTS) is 1. The van der Waals surface area contributed by atoms with Gasteiger partial charge in [0, 0.05) is 5.41 Å². The van der Waals surface area contributed by atoms with Crippen molar-refractivity contribution in [2.45, 2.75) is 31.8 Å². The summed E-state index contributed by atoms with van der Waals surface area (Å²) in [7, 11) is 0. The van der Waals surface area contributed by atoms with E-state index in [9.17, 15) is 9.90 Å². The normalized spacial score (nSPS) is 23.1. The lowest BCUT2D eigenvalue weighted by molar-refractivity contribution is -0.152. The van der Waals surface area contributed by atoms with Crippen molar-refractivity contribution < 1.29 is 15.0 Å². The topological polar surface area (TPSA) is 57.5 Å². The lowest BCUT2D eigenvalue weighted by Crippen LogP contribution is -2.36. The average molecular weight is 232 g/mol. The number of aliphatic hydroxyl groups excluding tert-OH is 1. The van der Waals surface area contributed by atoms with Crippen molar-refractivity contribution in [1.29, 1.82) is 0 Å². The molecule has 90 valence electrons. The Balaban J connectivity index is 1.83. The second-order valence-corrected chi connectivity index (χ2v) is 5.35. The van der Waals surface area contributed by atoms with Gasteiger partial charge in [0.2, 0.25) is 0 Å². The number of benzene rings is 1. The molecule has 0 spiro atoms. The molecule has 0 bridgehead atoms. The molecule has 2 aliphatic rings. The highest BCUT2D eigenvalue weighted by Crippen LogP contribution is 2.58. The summed E-state index contributed by atoms with van der Waals surface area (Å²) in [4.78, 5) is 11.0. The van der Waals surface area contributed by atoms with Crippen LogP contribution in [0.15, 0.2) is 24.3 Å². The van der Waals surface area contributed by atoms with Crippen molar-refractivity contribution in [2.75, 3.05) is 0 Å². The monoisotopic (exact) mass is 232 g/mol. The van der Waals surface area contributed by atoms with Gasteiger partial charge in [0.1, 0.15) is 0 Å². The average Bonchev–Trinajstić information content (AvgIpc) is 3.01. The Morgan fingerprint density at radius 1 is 1.24 bits per heavy atom. The van der Waals surface area contributed by atoms with E-state index in [2.05, 4.69) is 12.1 Å². The minimum Gasteiger partial charge on any atom is -0.479 e. The van der Waals surface area contributed by atoms with Crippen LogP contribution in [0.1, 0.15) is 24.0 Å². The largest absolute Gasteiger partial charge is 0.479 e. The maximum Gasteiger partial charge on any atom is 0.333 e. The Morgan fingerprint density at radius 3 is 2.18 bits per heavy atom. The van der Waals surface area contributed by atoms with Crippen LogP contribution in [0.4, 0.5) is 0 Å². The van der Waals surface area contributed by atoms with Crippen LogP contribution < -0.4 is 0 Å². The van der Waals surface area contributed by atoms with Crippen LogP contribution in [-0.4, -0.2) is 22.3 Å². The molecule has 0 aliphatic heterocycles. The van der Waals surface area contributed by atoms with Crippen LogP contribution >= 0.6 is 0 Å². The molecule has 1 aromatic rings. The zero-order chi connectivity index (χ0) is 12.0. The van der Waals surface area contributed by atoms with Crippen molar-refractivity contribution >= 4 is 5.97 Å². The first kappa shape index (κ1) is 10.8. The minimum atomic E-state index is -1.19. The van der Waals surface area contributed by atoms with Gasteiger partial charge in [-0.1, -0.05) is 24.3 Å². The van der Waals surface area contributed by atoms with Gasteiger partial charge in [-0.2, -0.15) is 0 Å². The highest BCUT2D eigenvalue weighted by atomic mass is 16.4. The highest BCUT2D eigenvalue weighted by molar-refractivity contribution is 5.74. The third kappa shape index (κ3) is 1.57. The molecule has 3 nitrogen and oxygen atoms in total. The van der Waals surface area contributed by atoms with Gasteiger partial charge in [-0.05, 0) is 42.7 Å².